The van der Waals surface area contributed by atoms with Crippen LogP contribution in [0.15, 0.2) is 18.2 Å². The molecule has 1 aromatic heterocycles. The molecule has 0 saturated heterocycles. The average Bonchev–Trinajstić information content (AvgIpc) is 3.08. The molecule has 0 spiro atoms. The number of carbonyl (C=O) groups excluding carboxylic acids is 1. The van der Waals surface area contributed by atoms with Crippen LogP contribution in [-0.2, 0) is 36.9 Å². The number of amides is 1. The highest BCUT2D eigenvalue weighted by Gasteiger charge is 2.39. The number of benzene rings is 1. The number of hydrogen-bond acceptors (Lipinski definition) is 4. The van der Waals surface area contributed by atoms with Crippen molar-refractivity contribution in [1.82, 2.24) is 15.1 Å². The van der Waals surface area contributed by atoms with Crippen LogP contribution in [0, 0.1) is 0 Å². The SMILES string of the molecule is CN1CCN(C)c2cc(CNC(=O)Cn3nc(C(F)(F)F)c4c3CCCC4)ccc21. The lowest BCUT2D eigenvalue weighted by Gasteiger charge is -2.35. The second-order valence-corrected chi connectivity index (χ2v) is 8.08. The molecule has 2 aliphatic rings. The summed E-state index contributed by atoms with van der Waals surface area (Å²) in [6, 6.07) is 6.04. The van der Waals surface area contributed by atoms with E-state index in [9.17, 15) is 18.0 Å². The fourth-order valence-corrected chi connectivity index (χ4v) is 4.27. The summed E-state index contributed by atoms with van der Waals surface area (Å²) >= 11 is 0. The molecule has 4 rings (SSSR count). The zero-order valence-electron chi connectivity index (χ0n) is 17.2. The third-order valence-electron chi connectivity index (χ3n) is 5.94. The molecule has 0 atom stereocenters. The minimum absolute atomic E-state index is 0.202. The van der Waals surface area contributed by atoms with Gasteiger partial charge in [-0.25, -0.2) is 0 Å². The van der Waals surface area contributed by atoms with Gasteiger partial charge >= 0.3 is 6.18 Å². The number of hydrogen-bond donors (Lipinski definition) is 1. The van der Waals surface area contributed by atoms with Gasteiger partial charge in [0.1, 0.15) is 6.54 Å². The molecule has 0 bridgehead atoms. The van der Waals surface area contributed by atoms with Crippen LogP contribution in [0.4, 0.5) is 24.5 Å². The highest BCUT2D eigenvalue weighted by molar-refractivity contribution is 5.76. The van der Waals surface area contributed by atoms with E-state index in [1.54, 1.807) is 0 Å². The fourth-order valence-electron chi connectivity index (χ4n) is 4.27. The van der Waals surface area contributed by atoms with Crippen LogP contribution in [0.5, 0.6) is 0 Å². The van der Waals surface area contributed by atoms with E-state index in [2.05, 4.69) is 20.2 Å². The first-order valence-electron chi connectivity index (χ1n) is 10.2. The minimum Gasteiger partial charge on any atom is -0.371 e. The van der Waals surface area contributed by atoms with Gasteiger partial charge in [0, 0.05) is 45.0 Å². The molecule has 1 aromatic carbocycles. The molecule has 1 aliphatic heterocycles. The minimum atomic E-state index is -4.49. The van der Waals surface area contributed by atoms with E-state index in [4.69, 9.17) is 0 Å². The van der Waals surface area contributed by atoms with Crippen LogP contribution in [0.1, 0.15) is 35.4 Å². The molecule has 6 nitrogen and oxygen atoms in total. The van der Waals surface area contributed by atoms with Crippen molar-refractivity contribution in [3.05, 3.63) is 40.7 Å². The van der Waals surface area contributed by atoms with Crippen molar-refractivity contribution < 1.29 is 18.0 Å². The maximum absolute atomic E-state index is 13.3. The zero-order chi connectivity index (χ0) is 21.5. The summed E-state index contributed by atoms with van der Waals surface area (Å²) in [5.41, 5.74) is 3.15. The van der Waals surface area contributed by atoms with Crippen molar-refractivity contribution >= 4 is 17.3 Å². The first kappa shape index (κ1) is 20.6. The van der Waals surface area contributed by atoms with E-state index in [-0.39, 0.29) is 18.0 Å². The number of alkyl halides is 3. The lowest BCUT2D eigenvalue weighted by Crippen LogP contribution is -2.37. The number of likely N-dealkylation sites (N-methyl/N-ethyl adjacent to an activating group) is 2. The Bertz CT molecular complexity index is 953. The summed E-state index contributed by atoms with van der Waals surface area (Å²) in [5, 5.41) is 6.57. The second-order valence-electron chi connectivity index (χ2n) is 8.08. The van der Waals surface area contributed by atoms with Crippen molar-refractivity contribution in [3.8, 4) is 0 Å². The Morgan fingerprint density at radius 1 is 1.10 bits per heavy atom. The number of carbonyl (C=O) groups is 1. The quantitative estimate of drug-likeness (QED) is 0.825. The van der Waals surface area contributed by atoms with Crippen LogP contribution in [-0.4, -0.2) is 42.9 Å². The highest BCUT2D eigenvalue weighted by atomic mass is 19.4. The Hall–Kier alpha value is -2.71. The van der Waals surface area contributed by atoms with Crippen molar-refractivity contribution in [3.63, 3.8) is 0 Å². The number of halogens is 3. The molecule has 1 amide bonds. The first-order chi connectivity index (χ1) is 14.2. The molecule has 9 heteroatoms. The monoisotopic (exact) mass is 421 g/mol. The second kappa shape index (κ2) is 7.85. The Kier molecular flexibility index (Phi) is 5.38. The van der Waals surface area contributed by atoms with Gasteiger partial charge in [0.25, 0.3) is 0 Å². The molecule has 0 unspecified atom stereocenters. The Labute approximate surface area is 173 Å². The van der Waals surface area contributed by atoms with E-state index >= 15 is 0 Å². The lowest BCUT2D eigenvalue weighted by molar-refractivity contribution is -0.142. The van der Waals surface area contributed by atoms with Crippen LogP contribution in [0.3, 0.4) is 0 Å². The predicted molar refractivity (Wildman–Crippen MR) is 109 cm³/mol. The number of rotatable bonds is 4. The van der Waals surface area contributed by atoms with Crippen molar-refractivity contribution in [1.29, 1.82) is 0 Å². The molecule has 30 heavy (non-hydrogen) atoms. The molecule has 2 heterocycles. The van der Waals surface area contributed by atoms with Crippen LogP contribution >= 0.6 is 0 Å². The van der Waals surface area contributed by atoms with Gasteiger partial charge in [-0.3, -0.25) is 9.48 Å². The van der Waals surface area contributed by atoms with Crippen molar-refractivity contribution in [2.24, 2.45) is 0 Å². The van der Waals surface area contributed by atoms with Gasteiger partial charge in [0.05, 0.1) is 11.4 Å². The van der Waals surface area contributed by atoms with Crippen molar-refractivity contribution in [2.75, 3.05) is 37.0 Å². The summed E-state index contributed by atoms with van der Waals surface area (Å²) in [4.78, 5) is 16.8. The number of nitrogens with one attached hydrogen (secondary N) is 1. The summed E-state index contributed by atoms with van der Waals surface area (Å²) in [6.07, 6.45) is -2.07. The molecule has 0 saturated carbocycles. The van der Waals surface area contributed by atoms with Crippen LogP contribution in [0.25, 0.3) is 0 Å². The maximum atomic E-state index is 13.3. The van der Waals surface area contributed by atoms with Crippen molar-refractivity contribution in [2.45, 2.75) is 44.9 Å². The molecule has 1 N–H and O–H groups in total. The summed E-state index contributed by atoms with van der Waals surface area (Å²) in [6.45, 7) is 1.99. The van der Waals surface area contributed by atoms with E-state index in [0.29, 0.717) is 25.1 Å². The Balaban J connectivity index is 1.45. The third kappa shape index (κ3) is 3.97. The topological polar surface area (TPSA) is 53.4 Å². The van der Waals surface area contributed by atoms with E-state index < -0.39 is 11.9 Å². The molecule has 0 radical (unpaired) electrons. The molecule has 1 aliphatic carbocycles. The van der Waals surface area contributed by atoms with Crippen LogP contribution in [0.2, 0.25) is 0 Å². The van der Waals surface area contributed by atoms with E-state index in [1.807, 2.05) is 32.3 Å². The van der Waals surface area contributed by atoms with Gasteiger partial charge in [-0.15, -0.1) is 0 Å². The molecule has 0 fully saturated rings. The van der Waals surface area contributed by atoms with Crippen LogP contribution < -0.4 is 15.1 Å². The highest BCUT2D eigenvalue weighted by Crippen LogP contribution is 2.36. The van der Waals surface area contributed by atoms with Gasteiger partial charge in [-0.2, -0.15) is 18.3 Å². The van der Waals surface area contributed by atoms with Gasteiger partial charge in [0.15, 0.2) is 5.69 Å². The maximum Gasteiger partial charge on any atom is 0.435 e. The number of fused-ring (bicyclic) bond motifs is 2. The normalized spacial score (nSPS) is 16.3. The lowest BCUT2D eigenvalue weighted by atomic mass is 9.95. The van der Waals surface area contributed by atoms with Gasteiger partial charge in [-0.05, 0) is 43.4 Å². The fraction of sp³-hybridized carbons (Fsp3) is 0.524. The molecular weight excluding hydrogens is 395 g/mol. The van der Waals surface area contributed by atoms with E-state index in [0.717, 1.165) is 42.9 Å². The van der Waals surface area contributed by atoms with E-state index in [1.165, 1.54) is 4.68 Å². The molecule has 162 valence electrons. The third-order valence-corrected chi connectivity index (χ3v) is 5.94. The molecule has 2 aromatic rings. The van der Waals surface area contributed by atoms with Gasteiger partial charge in [-0.1, -0.05) is 6.07 Å². The van der Waals surface area contributed by atoms with Gasteiger partial charge in [0.2, 0.25) is 5.91 Å². The summed E-state index contributed by atoms with van der Waals surface area (Å²) < 4.78 is 41.2. The number of nitrogens with zero attached hydrogens (tertiary/aromatic N) is 4. The Morgan fingerprint density at radius 3 is 2.53 bits per heavy atom. The first-order valence-corrected chi connectivity index (χ1v) is 10.2. The number of aromatic nitrogens is 2. The smallest absolute Gasteiger partial charge is 0.371 e. The zero-order valence-corrected chi connectivity index (χ0v) is 17.2. The summed E-state index contributed by atoms with van der Waals surface area (Å²) in [7, 11) is 4.08. The predicted octanol–water partition coefficient (Wildman–Crippen LogP) is 2.98. The summed E-state index contributed by atoms with van der Waals surface area (Å²) in [5.74, 6) is -0.345. The standard InChI is InChI=1S/C21H26F3N5O/c1-27-9-10-28(2)18-11-14(7-8-17(18)27)12-25-19(30)13-29-16-6-4-3-5-15(16)20(26-29)21(22,23)24/h7-8,11H,3-6,9-10,12-13H2,1-2H3,(H,25,30). The molecular formula is C21H26F3N5O. The number of anilines is 2. The average molecular weight is 421 g/mol. The Morgan fingerprint density at radius 2 is 1.80 bits per heavy atom. The van der Waals surface area contributed by atoms with Gasteiger partial charge < -0.3 is 15.1 Å². The largest absolute Gasteiger partial charge is 0.435 e.